The molecule has 1 aliphatic rings. The highest BCUT2D eigenvalue weighted by atomic mass is 16.2. The average Bonchev–Trinajstić information content (AvgIpc) is 3.30. The fraction of sp³-hybridized carbons (Fsp3) is 0.346. The van der Waals surface area contributed by atoms with Crippen LogP contribution in [0.5, 0.6) is 0 Å². The van der Waals surface area contributed by atoms with E-state index in [0.717, 1.165) is 30.9 Å². The maximum Gasteiger partial charge on any atom is 0.251 e. The maximum atomic E-state index is 12.8. The molecule has 2 amide bonds. The molecule has 4 rings (SSSR count). The van der Waals surface area contributed by atoms with E-state index in [1.165, 1.54) is 5.56 Å². The molecule has 1 N–H and O–H groups in total. The molecule has 2 aromatic carbocycles. The van der Waals surface area contributed by atoms with Gasteiger partial charge in [-0.25, -0.2) is 4.68 Å². The molecule has 0 unspecified atom stereocenters. The van der Waals surface area contributed by atoms with Crippen molar-refractivity contribution in [2.45, 2.75) is 45.4 Å². The molecule has 33 heavy (non-hydrogen) atoms. The second-order valence-corrected chi connectivity index (χ2v) is 8.60. The van der Waals surface area contributed by atoms with Gasteiger partial charge in [-0.05, 0) is 36.7 Å². The molecule has 0 aliphatic carbocycles. The Balaban J connectivity index is 1.33. The molecular formula is C26H31N5O2. The lowest BCUT2D eigenvalue weighted by Crippen LogP contribution is -2.42. The lowest BCUT2D eigenvalue weighted by molar-refractivity contribution is -0.119. The van der Waals surface area contributed by atoms with E-state index in [-0.39, 0.29) is 17.9 Å². The van der Waals surface area contributed by atoms with Crippen LogP contribution in [-0.4, -0.2) is 46.1 Å². The van der Waals surface area contributed by atoms with Crippen molar-refractivity contribution < 1.29 is 9.59 Å². The minimum atomic E-state index is -0.0753. The van der Waals surface area contributed by atoms with Crippen LogP contribution in [0.3, 0.4) is 0 Å². The van der Waals surface area contributed by atoms with Crippen molar-refractivity contribution in [3.05, 3.63) is 83.6 Å². The summed E-state index contributed by atoms with van der Waals surface area (Å²) in [5.41, 5.74) is 2.86. The van der Waals surface area contributed by atoms with Crippen molar-refractivity contribution in [3.8, 4) is 0 Å². The molecule has 1 aliphatic heterocycles. The number of benzene rings is 2. The fourth-order valence-electron chi connectivity index (χ4n) is 4.19. The largest absolute Gasteiger partial charge is 0.348 e. The number of nitrogens with zero attached hydrogens (tertiary/aromatic N) is 4. The third kappa shape index (κ3) is 5.68. The summed E-state index contributed by atoms with van der Waals surface area (Å²) in [5, 5.41) is 7.43. The molecule has 1 aromatic heterocycles. The molecule has 0 saturated heterocycles. The Labute approximate surface area is 195 Å². The van der Waals surface area contributed by atoms with Crippen molar-refractivity contribution in [1.29, 1.82) is 0 Å². The molecule has 3 aromatic rings. The van der Waals surface area contributed by atoms with Crippen LogP contribution in [0.4, 0.5) is 5.82 Å². The standard InChI is InChI=1S/C26H31N5O2/c1-3-23(19-29(2)17-20-7-5-4-6-8-20)28-26(33)22-11-9-21(10-12-22)18-30-24-13-15-27-31(24)16-14-25(30)32/h4-13,15,23H,3,14,16-19H2,1-2H3,(H,28,33)/t23-/m1/s1. The SMILES string of the molecule is CC[C@H](CN(C)Cc1ccccc1)NC(=O)c1ccc(CN2C(=O)CCn3nccc32)cc1. The van der Waals surface area contributed by atoms with Gasteiger partial charge in [0.25, 0.3) is 5.91 Å². The summed E-state index contributed by atoms with van der Waals surface area (Å²) < 4.78 is 1.85. The molecule has 0 fully saturated rings. The second-order valence-electron chi connectivity index (χ2n) is 8.60. The molecule has 7 heteroatoms. The van der Waals surface area contributed by atoms with Gasteiger partial charge in [-0.1, -0.05) is 49.4 Å². The number of amides is 2. The van der Waals surface area contributed by atoms with Crippen molar-refractivity contribution >= 4 is 17.6 Å². The van der Waals surface area contributed by atoms with Gasteiger partial charge in [-0.3, -0.25) is 14.5 Å². The zero-order valence-corrected chi connectivity index (χ0v) is 19.3. The summed E-state index contributed by atoms with van der Waals surface area (Å²) in [4.78, 5) is 29.2. The first-order valence-electron chi connectivity index (χ1n) is 11.5. The zero-order chi connectivity index (χ0) is 23.2. The summed E-state index contributed by atoms with van der Waals surface area (Å²) in [6.45, 7) is 4.80. The predicted molar refractivity (Wildman–Crippen MR) is 129 cm³/mol. The van der Waals surface area contributed by atoms with E-state index >= 15 is 0 Å². The first kappa shape index (κ1) is 22.7. The number of likely N-dealkylation sites (N-methyl/N-ethyl adjacent to an activating group) is 1. The number of nitrogens with one attached hydrogen (secondary N) is 1. The van der Waals surface area contributed by atoms with Gasteiger partial charge in [0.05, 0.1) is 19.3 Å². The van der Waals surface area contributed by atoms with Gasteiger partial charge in [-0.15, -0.1) is 0 Å². The van der Waals surface area contributed by atoms with Crippen molar-refractivity contribution in [3.63, 3.8) is 0 Å². The third-order valence-electron chi connectivity index (χ3n) is 6.02. The normalized spacial score (nSPS) is 14.3. The minimum Gasteiger partial charge on any atom is -0.348 e. The van der Waals surface area contributed by atoms with Gasteiger partial charge in [0.2, 0.25) is 5.91 Å². The number of hydrogen-bond donors (Lipinski definition) is 1. The fourth-order valence-corrected chi connectivity index (χ4v) is 4.19. The van der Waals surface area contributed by atoms with Crippen LogP contribution in [0.25, 0.3) is 0 Å². The number of rotatable bonds is 9. The molecule has 0 bridgehead atoms. The highest BCUT2D eigenvalue weighted by Crippen LogP contribution is 2.23. The van der Waals surface area contributed by atoms with Gasteiger partial charge < -0.3 is 10.2 Å². The number of hydrogen-bond acceptors (Lipinski definition) is 4. The minimum absolute atomic E-state index is 0.0668. The van der Waals surface area contributed by atoms with Gasteiger partial charge in [0.1, 0.15) is 5.82 Å². The number of aromatic nitrogens is 2. The Bertz CT molecular complexity index is 1080. The number of carbonyl (C=O) groups excluding carboxylic acids is 2. The summed E-state index contributed by atoms with van der Waals surface area (Å²) in [7, 11) is 2.07. The molecule has 0 saturated carbocycles. The Morgan fingerprint density at radius 3 is 2.58 bits per heavy atom. The molecule has 1 atom stereocenters. The van der Waals surface area contributed by atoms with Crippen molar-refractivity contribution in [1.82, 2.24) is 20.0 Å². The van der Waals surface area contributed by atoms with Gasteiger partial charge in [0, 0.05) is 37.2 Å². The van der Waals surface area contributed by atoms with Crippen LogP contribution >= 0.6 is 0 Å². The van der Waals surface area contributed by atoms with E-state index in [2.05, 4.69) is 41.4 Å². The quantitative estimate of drug-likeness (QED) is 0.548. The van der Waals surface area contributed by atoms with E-state index < -0.39 is 0 Å². The average molecular weight is 446 g/mol. The van der Waals surface area contributed by atoms with Crippen LogP contribution in [0.1, 0.15) is 41.3 Å². The first-order chi connectivity index (χ1) is 16.0. The zero-order valence-electron chi connectivity index (χ0n) is 19.3. The van der Waals surface area contributed by atoms with Crippen molar-refractivity contribution in [2.75, 3.05) is 18.5 Å². The molecular weight excluding hydrogens is 414 g/mol. The van der Waals surface area contributed by atoms with Crippen LogP contribution < -0.4 is 10.2 Å². The molecule has 0 spiro atoms. The lowest BCUT2D eigenvalue weighted by Gasteiger charge is -2.27. The van der Waals surface area contributed by atoms with Crippen molar-refractivity contribution in [2.24, 2.45) is 0 Å². The Kier molecular flexibility index (Phi) is 7.19. The summed E-state index contributed by atoms with van der Waals surface area (Å²) in [6, 6.07) is 19.8. The first-order valence-corrected chi connectivity index (χ1v) is 11.5. The van der Waals surface area contributed by atoms with Crippen LogP contribution in [-0.2, 0) is 24.4 Å². The van der Waals surface area contributed by atoms with Gasteiger partial charge in [0.15, 0.2) is 0 Å². The number of carbonyl (C=O) groups is 2. The highest BCUT2D eigenvalue weighted by molar-refractivity contribution is 5.95. The Morgan fingerprint density at radius 2 is 1.85 bits per heavy atom. The summed E-state index contributed by atoms with van der Waals surface area (Å²) in [5.74, 6) is 0.836. The monoisotopic (exact) mass is 445 g/mol. The van der Waals surface area contributed by atoms with Crippen LogP contribution in [0.15, 0.2) is 66.9 Å². The molecule has 0 radical (unpaired) electrons. The van der Waals surface area contributed by atoms with Gasteiger partial charge >= 0.3 is 0 Å². The third-order valence-corrected chi connectivity index (χ3v) is 6.02. The highest BCUT2D eigenvalue weighted by Gasteiger charge is 2.24. The molecule has 172 valence electrons. The number of fused-ring (bicyclic) bond motifs is 1. The number of anilines is 1. The van der Waals surface area contributed by atoms with E-state index in [1.807, 2.05) is 53.2 Å². The van der Waals surface area contributed by atoms with E-state index in [9.17, 15) is 9.59 Å². The topological polar surface area (TPSA) is 70.5 Å². The molecule has 2 heterocycles. The van der Waals surface area contributed by atoms with Crippen LogP contribution in [0, 0.1) is 0 Å². The lowest BCUT2D eigenvalue weighted by atomic mass is 10.1. The smallest absolute Gasteiger partial charge is 0.251 e. The summed E-state index contributed by atoms with van der Waals surface area (Å²) in [6.07, 6.45) is 3.02. The second kappa shape index (κ2) is 10.4. The number of aryl methyl sites for hydroxylation is 1. The summed E-state index contributed by atoms with van der Waals surface area (Å²) >= 11 is 0. The Hall–Kier alpha value is -3.45. The maximum absolute atomic E-state index is 12.8. The van der Waals surface area contributed by atoms with E-state index in [1.54, 1.807) is 11.1 Å². The van der Waals surface area contributed by atoms with E-state index in [4.69, 9.17) is 0 Å². The Morgan fingerprint density at radius 1 is 1.09 bits per heavy atom. The predicted octanol–water partition coefficient (Wildman–Crippen LogP) is 3.46. The van der Waals surface area contributed by atoms with E-state index in [0.29, 0.717) is 25.1 Å². The van der Waals surface area contributed by atoms with Crippen LogP contribution in [0.2, 0.25) is 0 Å². The van der Waals surface area contributed by atoms with Gasteiger partial charge in [-0.2, -0.15) is 5.10 Å². The molecule has 7 nitrogen and oxygen atoms in total.